The van der Waals surface area contributed by atoms with Crippen LogP contribution >= 0.6 is 0 Å². The second-order valence-corrected chi connectivity index (χ2v) is 6.49. The van der Waals surface area contributed by atoms with Gasteiger partial charge in [0.1, 0.15) is 19.3 Å². The molecule has 0 saturated carbocycles. The molecule has 0 aliphatic carbocycles. The van der Waals surface area contributed by atoms with E-state index in [1.54, 1.807) is 18.2 Å². The molecule has 0 radical (unpaired) electrons. The number of carbonyl (C=O) groups is 3. The van der Waals surface area contributed by atoms with Crippen molar-refractivity contribution < 1.29 is 28.8 Å². The minimum Gasteiger partial charge on any atom is -0.486 e. The highest BCUT2D eigenvalue weighted by Crippen LogP contribution is 2.30. The lowest BCUT2D eigenvalue weighted by molar-refractivity contribution is -0.384. The minimum atomic E-state index is -0.741. The smallest absolute Gasteiger partial charge is 0.270 e. The van der Waals surface area contributed by atoms with Crippen molar-refractivity contribution in [3.63, 3.8) is 0 Å². The number of nitro groups is 1. The van der Waals surface area contributed by atoms with E-state index >= 15 is 0 Å². The largest absolute Gasteiger partial charge is 0.486 e. The van der Waals surface area contributed by atoms with E-state index in [4.69, 9.17) is 9.47 Å². The van der Waals surface area contributed by atoms with Crippen molar-refractivity contribution in [2.45, 2.75) is 6.10 Å². The molecule has 0 aromatic heterocycles. The SMILES string of the molecule is O=C(CN1C(=O)c2ccc([N+](=O)[O-])cc2C1=O)NC[C@H]1COc2ccccc2O1. The van der Waals surface area contributed by atoms with E-state index in [1.807, 2.05) is 6.07 Å². The predicted molar refractivity (Wildman–Crippen MR) is 97.8 cm³/mol. The summed E-state index contributed by atoms with van der Waals surface area (Å²) < 4.78 is 11.3. The topological polar surface area (TPSA) is 128 Å². The number of imide groups is 1. The van der Waals surface area contributed by atoms with Gasteiger partial charge < -0.3 is 14.8 Å². The van der Waals surface area contributed by atoms with Crippen LogP contribution in [0.1, 0.15) is 20.7 Å². The third-order valence-electron chi connectivity index (χ3n) is 4.56. The molecule has 1 N–H and O–H groups in total. The van der Waals surface area contributed by atoms with Gasteiger partial charge >= 0.3 is 0 Å². The summed E-state index contributed by atoms with van der Waals surface area (Å²) in [7, 11) is 0. The molecular formula is C19H15N3O7. The van der Waals surface area contributed by atoms with Gasteiger partial charge in [0.15, 0.2) is 11.5 Å². The van der Waals surface area contributed by atoms with Gasteiger partial charge in [-0.15, -0.1) is 0 Å². The number of hydrogen-bond donors (Lipinski definition) is 1. The van der Waals surface area contributed by atoms with Crippen LogP contribution in [0.2, 0.25) is 0 Å². The third-order valence-corrected chi connectivity index (χ3v) is 4.56. The molecule has 2 aliphatic rings. The molecule has 2 heterocycles. The van der Waals surface area contributed by atoms with Crippen LogP contribution in [0.5, 0.6) is 11.5 Å². The zero-order valence-corrected chi connectivity index (χ0v) is 15.0. The number of nitro benzene ring substituents is 1. The highest BCUT2D eigenvalue weighted by molar-refractivity contribution is 6.22. The van der Waals surface area contributed by atoms with Crippen molar-refractivity contribution in [1.82, 2.24) is 10.2 Å². The molecule has 0 bridgehead atoms. The van der Waals surface area contributed by atoms with Gasteiger partial charge in [0, 0.05) is 12.1 Å². The van der Waals surface area contributed by atoms with Crippen molar-refractivity contribution in [3.05, 3.63) is 63.7 Å². The Bertz CT molecular complexity index is 1040. The first-order valence-corrected chi connectivity index (χ1v) is 8.74. The van der Waals surface area contributed by atoms with Crippen LogP contribution in [0, 0.1) is 10.1 Å². The second kappa shape index (κ2) is 7.23. The molecule has 2 aliphatic heterocycles. The molecule has 2 aromatic rings. The number of nitrogens with zero attached hydrogens (tertiary/aromatic N) is 2. The first kappa shape index (κ1) is 18.4. The van der Waals surface area contributed by atoms with E-state index in [-0.39, 0.29) is 30.0 Å². The zero-order chi connectivity index (χ0) is 20.5. The number of ether oxygens (including phenoxy) is 2. The van der Waals surface area contributed by atoms with E-state index in [0.717, 1.165) is 17.0 Å². The van der Waals surface area contributed by atoms with Crippen LogP contribution in [0.4, 0.5) is 5.69 Å². The summed E-state index contributed by atoms with van der Waals surface area (Å²) in [4.78, 5) is 48.0. The number of nitrogens with one attached hydrogen (secondary N) is 1. The minimum absolute atomic E-state index is 0.0361. The molecule has 10 nitrogen and oxygen atoms in total. The van der Waals surface area contributed by atoms with Crippen molar-refractivity contribution >= 4 is 23.4 Å². The van der Waals surface area contributed by atoms with Gasteiger partial charge in [0.25, 0.3) is 17.5 Å². The fourth-order valence-electron chi connectivity index (χ4n) is 3.13. The van der Waals surface area contributed by atoms with E-state index in [0.29, 0.717) is 11.5 Å². The number of para-hydroxylation sites is 2. The van der Waals surface area contributed by atoms with Crippen molar-refractivity contribution in [2.75, 3.05) is 19.7 Å². The standard InChI is InChI=1S/C19H15N3O7/c23-17(20-8-12-10-28-15-3-1-2-4-16(15)29-12)9-21-18(24)13-6-5-11(22(26)27)7-14(13)19(21)25/h1-7,12H,8-10H2,(H,20,23)/t12-/m0/s1. The van der Waals surface area contributed by atoms with Crippen molar-refractivity contribution in [3.8, 4) is 11.5 Å². The molecule has 0 unspecified atom stereocenters. The Hall–Kier alpha value is -3.95. The van der Waals surface area contributed by atoms with Gasteiger partial charge in [-0.2, -0.15) is 0 Å². The average molecular weight is 397 g/mol. The summed E-state index contributed by atoms with van der Waals surface area (Å²) >= 11 is 0. The lowest BCUT2D eigenvalue weighted by Crippen LogP contribution is -2.45. The number of hydrogen-bond acceptors (Lipinski definition) is 7. The van der Waals surface area contributed by atoms with E-state index in [2.05, 4.69) is 5.32 Å². The van der Waals surface area contributed by atoms with Gasteiger partial charge in [0.05, 0.1) is 22.6 Å². The maximum Gasteiger partial charge on any atom is 0.270 e. The molecule has 0 saturated heterocycles. The molecule has 2 aromatic carbocycles. The highest BCUT2D eigenvalue weighted by Gasteiger charge is 2.38. The van der Waals surface area contributed by atoms with Crippen LogP contribution < -0.4 is 14.8 Å². The molecule has 3 amide bonds. The third kappa shape index (κ3) is 3.47. The quantitative estimate of drug-likeness (QED) is 0.455. The fraction of sp³-hybridized carbons (Fsp3) is 0.211. The molecule has 148 valence electrons. The number of benzene rings is 2. The summed E-state index contributed by atoms with van der Waals surface area (Å²) in [6.07, 6.45) is -0.418. The zero-order valence-electron chi connectivity index (χ0n) is 15.0. The molecule has 0 fully saturated rings. The summed E-state index contributed by atoms with van der Waals surface area (Å²) in [6, 6.07) is 10.6. The Balaban J connectivity index is 1.36. The number of amides is 3. The maximum absolute atomic E-state index is 12.4. The highest BCUT2D eigenvalue weighted by atomic mass is 16.6. The van der Waals surface area contributed by atoms with E-state index in [9.17, 15) is 24.5 Å². The van der Waals surface area contributed by atoms with Gasteiger partial charge in [-0.3, -0.25) is 29.4 Å². The number of carbonyl (C=O) groups excluding carboxylic acids is 3. The Kier molecular flexibility index (Phi) is 4.59. The first-order valence-electron chi connectivity index (χ1n) is 8.74. The number of fused-ring (bicyclic) bond motifs is 2. The Morgan fingerprint density at radius 1 is 1.14 bits per heavy atom. The van der Waals surface area contributed by atoms with Crippen LogP contribution in [0.25, 0.3) is 0 Å². The lowest BCUT2D eigenvalue weighted by atomic mass is 10.1. The van der Waals surface area contributed by atoms with Crippen LogP contribution in [0.15, 0.2) is 42.5 Å². The van der Waals surface area contributed by atoms with Gasteiger partial charge in [0.2, 0.25) is 5.91 Å². The number of rotatable bonds is 5. The Labute approximate surface area is 164 Å². The van der Waals surface area contributed by atoms with Gasteiger partial charge in [-0.25, -0.2) is 0 Å². The number of non-ortho nitro benzene ring substituents is 1. The molecule has 0 spiro atoms. The first-order chi connectivity index (χ1) is 13.9. The summed E-state index contributed by atoms with van der Waals surface area (Å²) in [5.74, 6) is -0.775. The van der Waals surface area contributed by atoms with Gasteiger partial charge in [-0.05, 0) is 18.2 Å². The van der Waals surface area contributed by atoms with Crippen LogP contribution in [-0.2, 0) is 4.79 Å². The summed E-state index contributed by atoms with van der Waals surface area (Å²) in [6.45, 7) is -0.125. The molecule has 4 rings (SSSR count). The Morgan fingerprint density at radius 3 is 2.62 bits per heavy atom. The summed E-state index contributed by atoms with van der Waals surface area (Å²) in [5.41, 5.74) is -0.349. The Morgan fingerprint density at radius 2 is 1.86 bits per heavy atom. The molecular weight excluding hydrogens is 382 g/mol. The van der Waals surface area contributed by atoms with E-state index in [1.165, 1.54) is 6.07 Å². The van der Waals surface area contributed by atoms with Crippen molar-refractivity contribution in [1.29, 1.82) is 0 Å². The average Bonchev–Trinajstić information content (AvgIpc) is 2.96. The normalized spacial score (nSPS) is 17.1. The van der Waals surface area contributed by atoms with Crippen molar-refractivity contribution in [2.24, 2.45) is 0 Å². The molecule has 10 heteroatoms. The van der Waals surface area contributed by atoms with E-state index < -0.39 is 35.3 Å². The second-order valence-electron chi connectivity index (χ2n) is 6.49. The van der Waals surface area contributed by atoms with Crippen LogP contribution in [0.3, 0.4) is 0 Å². The fourth-order valence-corrected chi connectivity index (χ4v) is 3.13. The van der Waals surface area contributed by atoms with Crippen LogP contribution in [-0.4, -0.2) is 53.3 Å². The maximum atomic E-state index is 12.4. The molecule has 29 heavy (non-hydrogen) atoms. The summed E-state index contributed by atoms with van der Waals surface area (Å²) in [5, 5.41) is 13.5. The predicted octanol–water partition coefficient (Wildman–Crippen LogP) is 1.15. The molecule has 1 atom stereocenters. The monoisotopic (exact) mass is 397 g/mol. The lowest BCUT2D eigenvalue weighted by Gasteiger charge is -2.26. The van der Waals surface area contributed by atoms with Gasteiger partial charge in [-0.1, -0.05) is 12.1 Å².